The van der Waals surface area contributed by atoms with Gasteiger partial charge >= 0.3 is 0 Å². The maximum absolute atomic E-state index is 12.4. The fraction of sp³-hybridized carbons (Fsp3) is 0.0588. The Kier molecular flexibility index (Phi) is 4.61. The van der Waals surface area contributed by atoms with Gasteiger partial charge in [0.25, 0.3) is 5.91 Å². The van der Waals surface area contributed by atoms with Crippen LogP contribution in [0.4, 0.5) is 5.69 Å². The van der Waals surface area contributed by atoms with Gasteiger partial charge in [0.15, 0.2) is 5.11 Å². The van der Waals surface area contributed by atoms with Crippen molar-refractivity contribution in [3.8, 4) is 0 Å². The average Bonchev–Trinajstić information content (AvgIpc) is 2.85. The van der Waals surface area contributed by atoms with Gasteiger partial charge in [-0.2, -0.15) is 0 Å². The molecule has 0 unspecified atom stereocenters. The molecule has 1 amide bonds. The molecule has 3 aromatic rings. The van der Waals surface area contributed by atoms with Crippen molar-refractivity contribution >= 4 is 61.9 Å². The van der Waals surface area contributed by atoms with Crippen molar-refractivity contribution in [2.75, 3.05) is 5.32 Å². The largest absolute Gasteiger partial charge is 0.332 e. The zero-order valence-corrected chi connectivity index (χ0v) is 14.6. The minimum absolute atomic E-state index is 0.245. The average molecular weight is 361 g/mol. The molecule has 0 aliphatic rings. The molecular weight excluding hydrogens is 348 g/mol. The molecule has 0 saturated heterocycles. The van der Waals surface area contributed by atoms with Gasteiger partial charge in [0.05, 0.1) is 5.02 Å². The fourth-order valence-corrected chi connectivity index (χ4v) is 3.83. The van der Waals surface area contributed by atoms with Gasteiger partial charge in [0.1, 0.15) is 4.88 Å². The van der Waals surface area contributed by atoms with Crippen LogP contribution in [0.25, 0.3) is 10.1 Å². The molecule has 0 radical (unpaired) electrons. The second-order valence-electron chi connectivity index (χ2n) is 5.02. The van der Waals surface area contributed by atoms with Crippen molar-refractivity contribution in [1.82, 2.24) is 5.32 Å². The molecule has 0 aliphatic heterocycles. The van der Waals surface area contributed by atoms with Gasteiger partial charge in [-0.15, -0.1) is 11.3 Å². The van der Waals surface area contributed by atoms with Gasteiger partial charge in [0, 0.05) is 15.8 Å². The number of hydrogen-bond donors (Lipinski definition) is 2. The Morgan fingerprint density at radius 2 is 1.96 bits per heavy atom. The molecule has 23 heavy (non-hydrogen) atoms. The lowest BCUT2D eigenvalue weighted by molar-refractivity contribution is 0.0982. The van der Waals surface area contributed by atoms with E-state index in [9.17, 15) is 4.79 Å². The summed E-state index contributed by atoms with van der Waals surface area (Å²) in [7, 11) is 0. The predicted molar refractivity (Wildman–Crippen MR) is 102 cm³/mol. The van der Waals surface area contributed by atoms with E-state index >= 15 is 0 Å². The third-order valence-corrected chi connectivity index (χ3v) is 5.12. The van der Waals surface area contributed by atoms with E-state index in [2.05, 4.69) is 10.6 Å². The second kappa shape index (κ2) is 6.66. The standard InChI is InChI=1S/C17H13ClN2OS2/c1-10-5-4-6-11(9-10)19-17(22)20-16(21)15-14(18)12-7-2-3-8-13(12)23-15/h2-9H,1H3,(H2,19,20,21,22). The van der Waals surface area contributed by atoms with Crippen LogP contribution < -0.4 is 10.6 Å². The minimum atomic E-state index is -0.304. The molecule has 0 aliphatic carbocycles. The summed E-state index contributed by atoms with van der Waals surface area (Å²) in [6, 6.07) is 15.4. The molecule has 1 heterocycles. The van der Waals surface area contributed by atoms with E-state index in [1.807, 2.05) is 55.5 Å². The number of thiocarbonyl (C=S) groups is 1. The first-order valence-corrected chi connectivity index (χ1v) is 8.51. The molecule has 2 aromatic carbocycles. The Morgan fingerprint density at radius 1 is 1.17 bits per heavy atom. The number of thiophene rings is 1. The predicted octanol–water partition coefficient (Wildman–Crippen LogP) is 4.99. The summed E-state index contributed by atoms with van der Waals surface area (Å²) in [5, 5.41) is 7.25. The molecule has 2 N–H and O–H groups in total. The lowest BCUT2D eigenvalue weighted by Crippen LogP contribution is -2.33. The number of rotatable bonds is 2. The number of benzene rings is 2. The zero-order valence-electron chi connectivity index (χ0n) is 12.2. The Balaban J connectivity index is 1.75. The Bertz CT molecular complexity index is 904. The van der Waals surface area contributed by atoms with Gasteiger partial charge < -0.3 is 5.32 Å². The summed E-state index contributed by atoms with van der Waals surface area (Å²) >= 11 is 12.9. The Morgan fingerprint density at radius 3 is 2.70 bits per heavy atom. The molecule has 3 nitrogen and oxygen atoms in total. The van der Waals surface area contributed by atoms with Crippen LogP contribution in [-0.4, -0.2) is 11.0 Å². The van der Waals surface area contributed by atoms with Crippen molar-refractivity contribution in [1.29, 1.82) is 0 Å². The van der Waals surface area contributed by atoms with Crippen LogP contribution in [0.5, 0.6) is 0 Å². The van der Waals surface area contributed by atoms with Gasteiger partial charge in [-0.25, -0.2) is 0 Å². The van der Waals surface area contributed by atoms with Crippen molar-refractivity contribution in [3.63, 3.8) is 0 Å². The third kappa shape index (κ3) is 3.52. The highest BCUT2D eigenvalue weighted by Gasteiger charge is 2.17. The summed E-state index contributed by atoms with van der Waals surface area (Å²) in [6.07, 6.45) is 0. The summed E-state index contributed by atoms with van der Waals surface area (Å²) < 4.78 is 0.972. The van der Waals surface area contributed by atoms with Gasteiger partial charge in [-0.1, -0.05) is 41.9 Å². The molecule has 1 aromatic heterocycles. The molecule has 0 atom stereocenters. The first-order chi connectivity index (χ1) is 11.0. The Hall–Kier alpha value is -1.95. The van der Waals surface area contributed by atoms with Crippen LogP contribution in [0.1, 0.15) is 15.2 Å². The van der Waals surface area contributed by atoms with E-state index in [1.165, 1.54) is 11.3 Å². The lowest BCUT2D eigenvalue weighted by atomic mass is 10.2. The smallest absolute Gasteiger partial charge is 0.269 e. The SMILES string of the molecule is Cc1cccc(NC(=S)NC(=O)c2sc3ccccc3c2Cl)c1. The fourth-order valence-electron chi connectivity index (χ4n) is 2.21. The van der Waals surface area contributed by atoms with E-state index in [-0.39, 0.29) is 11.0 Å². The first-order valence-electron chi connectivity index (χ1n) is 6.90. The van der Waals surface area contributed by atoms with E-state index in [1.54, 1.807) is 0 Å². The molecule has 3 rings (SSSR count). The third-order valence-electron chi connectivity index (χ3n) is 3.24. The molecule has 116 valence electrons. The van der Waals surface area contributed by atoms with Crippen molar-refractivity contribution in [2.24, 2.45) is 0 Å². The molecule has 6 heteroatoms. The number of fused-ring (bicyclic) bond motifs is 1. The van der Waals surface area contributed by atoms with Gasteiger partial charge in [-0.3, -0.25) is 10.1 Å². The van der Waals surface area contributed by atoms with Crippen LogP contribution in [0.15, 0.2) is 48.5 Å². The number of carbonyl (C=O) groups is 1. The Labute approximate surface area is 148 Å². The van der Waals surface area contributed by atoms with E-state index in [0.717, 1.165) is 21.3 Å². The van der Waals surface area contributed by atoms with Crippen LogP contribution in [-0.2, 0) is 0 Å². The van der Waals surface area contributed by atoms with Crippen molar-refractivity contribution in [2.45, 2.75) is 6.92 Å². The molecule has 0 saturated carbocycles. The number of amides is 1. The van der Waals surface area contributed by atoms with Gasteiger partial charge in [-0.05, 0) is 42.9 Å². The summed E-state index contributed by atoms with van der Waals surface area (Å²) in [4.78, 5) is 12.8. The molecule has 0 bridgehead atoms. The van der Waals surface area contributed by atoms with E-state index in [0.29, 0.717) is 9.90 Å². The number of anilines is 1. The lowest BCUT2D eigenvalue weighted by Gasteiger charge is -2.09. The van der Waals surface area contributed by atoms with Crippen LogP contribution >= 0.6 is 35.2 Å². The maximum atomic E-state index is 12.4. The first kappa shape index (κ1) is 15.9. The topological polar surface area (TPSA) is 41.1 Å². The number of hydrogen-bond acceptors (Lipinski definition) is 3. The second-order valence-corrected chi connectivity index (χ2v) is 6.86. The maximum Gasteiger partial charge on any atom is 0.269 e. The highest BCUT2D eigenvalue weighted by molar-refractivity contribution is 7.80. The summed E-state index contributed by atoms with van der Waals surface area (Å²) in [6.45, 7) is 1.99. The zero-order chi connectivity index (χ0) is 16.4. The van der Waals surface area contributed by atoms with Crippen LogP contribution in [0.2, 0.25) is 5.02 Å². The van der Waals surface area contributed by atoms with Crippen LogP contribution in [0, 0.1) is 6.92 Å². The molecule has 0 fully saturated rings. The summed E-state index contributed by atoms with van der Waals surface area (Å²) in [5.74, 6) is -0.304. The van der Waals surface area contributed by atoms with Crippen molar-refractivity contribution in [3.05, 3.63) is 64.0 Å². The number of aryl methyl sites for hydroxylation is 1. The number of halogens is 1. The highest BCUT2D eigenvalue weighted by atomic mass is 35.5. The molecule has 0 spiro atoms. The van der Waals surface area contributed by atoms with E-state index in [4.69, 9.17) is 23.8 Å². The number of carbonyl (C=O) groups excluding carboxylic acids is 1. The highest BCUT2D eigenvalue weighted by Crippen LogP contribution is 2.34. The minimum Gasteiger partial charge on any atom is -0.332 e. The normalized spacial score (nSPS) is 10.5. The van der Waals surface area contributed by atoms with E-state index < -0.39 is 0 Å². The van der Waals surface area contributed by atoms with Crippen molar-refractivity contribution < 1.29 is 4.79 Å². The van der Waals surface area contributed by atoms with Gasteiger partial charge in [0.2, 0.25) is 0 Å². The summed E-state index contributed by atoms with van der Waals surface area (Å²) in [5.41, 5.74) is 1.94. The van der Waals surface area contributed by atoms with Crippen LogP contribution in [0.3, 0.4) is 0 Å². The monoisotopic (exact) mass is 360 g/mol. The number of nitrogens with one attached hydrogen (secondary N) is 2. The molecular formula is C17H13ClN2OS2. The quantitative estimate of drug-likeness (QED) is 0.632.